The highest BCUT2D eigenvalue weighted by Gasteiger charge is 2.22. The van der Waals surface area contributed by atoms with E-state index in [1.165, 1.54) is 0 Å². The van der Waals surface area contributed by atoms with Gasteiger partial charge >= 0.3 is 6.03 Å². The molecule has 4 amide bonds. The lowest BCUT2D eigenvalue weighted by Crippen LogP contribution is -2.46. The van der Waals surface area contributed by atoms with Gasteiger partial charge in [0.1, 0.15) is 6.04 Å². The second kappa shape index (κ2) is 10.5. The molecule has 0 saturated carbocycles. The van der Waals surface area contributed by atoms with Gasteiger partial charge in [-0.3, -0.25) is 9.59 Å². The van der Waals surface area contributed by atoms with E-state index >= 15 is 0 Å². The summed E-state index contributed by atoms with van der Waals surface area (Å²) in [5.41, 5.74) is 5.92. The van der Waals surface area contributed by atoms with Crippen molar-refractivity contribution >= 4 is 23.5 Å². The number of nitrogens with one attached hydrogen (secondary N) is 3. The average Bonchev–Trinajstić information content (AvgIpc) is 3.17. The Labute approximate surface area is 159 Å². The van der Waals surface area contributed by atoms with E-state index in [1.807, 2.05) is 6.92 Å². The van der Waals surface area contributed by atoms with Gasteiger partial charge in [-0.25, -0.2) is 4.79 Å². The molecule has 0 spiro atoms. The Kier molecular flexibility index (Phi) is 8.06. The fourth-order valence-electron chi connectivity index (χ4n) is 2.97. The van der Waals surface area contributed by atoms with Crippen molar-refractivity contribution in [2.45, 2.75) is 51.2 Å². The number of urea groups is 1. The summed E-state index contributed by atoms with van der Waals surface area (Å²) in [6, 6.07) is 5.25. The van der Waals surface area contributed by atoms with Crippen molar-refractivity contribution in [3.05, 3.63) is 29.8 Å². The number of nitrogens with two attached hydrogens (primary N) is 1. The lowest BCUT2D eigenvalue weighted by molar-refractivity contribution is -0.118. The highest BCUT2D eigenvalue weighted by atomic mass is 16.5. The van der Waals surface area contributed by atoms with Gasteiger partial charge in [0.25, 0.3) is 5.91 Å². The van der Waals surface area contributed by atoms with Gasteiger partial charge in [-0.1, -0.05) is 31.9 Å². The topological polar surface area (TPSA) is 123 Å². The number of para-hydroxylation sites is 1. The van der Waals surface area contributed by atoms with Gasteiger partial charge < -0.3 is 26.4 Å². The third kappa shape index (κ3) is 6.56. The minimum Gasteiger partial charge on any atom is -0.376 e. The Bertz CT molecular complexity index is 659. The third-order valence-electron chi connectivity index (χ3n) is 4.42. The van der Waals surface area contributed by atoms with Crippen molar-refractivity contribution in [1.82, 2.24) is 10.6 Å². The van der Waals surface area contributed by atoms with Crippen molar-refractivity contribution in [2.75, 3.05) is 18.5 Å². The van der Waals surface area contributed by atoms with Crippen molar-refractivity contribution in [2.24, 2.45) is 5.73 Å². The number of benzene rings is 1. The molecule has 1 saturated heterocycles. The molecular weight excluding hydrogens is 348 g/mol. The lowest BCUT2D eigenvalue weighted by Gasteiger charge is -2.18. The maximum atomic E-state index is 12.6. The molecule has 0 radical (unpaired) electrons. The Hall–Kier alpha value is -2.61. The minimum atomic E-state index is -0.756. The Morgan fingerprint density at radius 2 is 2.07 bits per heavy atom. The van der Waals surface area contributed by atoms with E-state index in [4.69, 9.17) is 10.5 Å². The predicted octanol–water partition coefficient (Wildman–Crippen LogP) is 1.76. The smallest absolute Gasteiger partial charge is 0.312 e. The minimum absolute atomic E-state index is 0.0360. The number of unbranched alkanes of at least 4 members (excludes halogenated alkanes) is 1. The highest BCUT2D eigenvalue weighted by Crippen LogP contribution is 2.17. The van der Waals surface area contributed by atoms with Crippen LogP contribution < -0.4 is 21.7 Å². The SMILES string of the molecule is CCCCC(NC(N)=O)C(=O)Nc1ccccc1C(=O)NCC1CCCO1. The fraction of sp³-hybridized carbons (Fsp3) is 0.526. The van der Waals surface area contributed by atoms with E-state index in [0.29, 0.717) is 24.2 Å². The monoisotopic (exact) mass is 376 g/mol. The number of rotatable bonds is 9. The first kappa shape index (κ1) is 20.7. The van der Waals surface area contributed by atoms with Crippen LogP contribution in [-0.2, 0) is 9.53 Å². The molecule has 0 bridgehead atoms. The molecule has 2 atom stereocenters. The number of ether oxygens (including phenoxy) is 1. The van der Waals surface area contributed by atoms with Gasteiger partial charge in [0.2, 0.25) is 5.91 Å². The molecule has 0 aromatic heterocycles. The van der Waals surface area contributed by atoms with Crippen LogP contribution in [0.3, 0.4) is 0 Å². The summed E-state index contributed by atoms with van der Waals surface area (Å²) < 4.78 is 5.50. The molecule has 1 aliphatic heterocycles. The average molecular weight is 376 g/mol. The molecule has 27 heavy (non-hydrogen) atoms. The van der Waals surface area contributed by atoms with E-state index in [-0.39, 0.29) is 12.0 Å². The molecule has 8 nitrogen and oxygen atoms in total. The standard InChI is InChI=1S/C19H28N4O4/c1-2-3-9-16(23-19(20)26)18(25)22-15-10-5-4-8-14(15)17(24)21-12-13-7-6-11-27-13/h4-5,8,10,13,16H,2-3,6-7,9,11-12H2,1H3,(H,21,24)(H,22,25)(H3,20,23,26). The zero-order chi connectivity index (χ0) is 19.6. The predicted molar refractivity (Wildman–Crippen MR) is 102 cm³/mol. The molecule has 8 heteroatoms. The second-order valence-electron chi connectivity index (χ2n) is 6.58. The molecule has 1 aromatic carbocycles. The highest BCUT2D eigenvalue weighted by molar-refractivity contribution is 6.05. The largest absolute Gasteiger partial charge is 0.376 e. The van der Waals surface area contributed by atoms with Crippen molar-refractivity contribution in [1.29, 1.82) is 0 Å². The summed E-state index contributed by atoms with van der Waals surface area (Å²) in [5.74, 6) is -0.684. The van der Waals surface area contributed by atoms with Gasteiger partial charge in [-0.05, 0) is 31.4 Å². The number of amides is 4. The molecule has 1 heterocycles. The fourth-order valence-corrected chi connectivity index (χ4v) is 2.97. The first-order valence-electron chi connectivity index (χ1n) is 9.37. The van der Waals surface area contributed by atoms with Crippen LogP contribution in [0.15, 0.2) is 24.3 Å². The van der Waals surface area contributed by atoms with Crippen LogP contribution in [0, 0.1) is 0 Å². The maximum absolute atomic E-state index is 12.6. The van der Waals surface area contributed by atoms with Crippen LogP contribution in [0.1, 0.15) is 49.4 Å². The van der Waals surface area contributed by atoms with Crippen LogP contribution >= 0.6 is 0 Å². The first-order valence-corrected chi connectivity index (χ1v) is 9.37. The summed E-state index contributed by atoms with van der Waals surface area (Å²) in [6.07, 6.45) is 4.08. The number of carbonyl (C=O) groups excluding carboxylic acids is 3. The van der Waals surface area contributed by atoms with Gasteiger partial charge in [0, 0.05) is 13.2 Å². The van der Waals surface area contributed by atoms with E-state index in [0.717, 1.165) is 32.3 Å². The van der Waals surface area contributed by atoms with Gasteiger partial charge in [-0.2, -0.15) is 0 Å². The maximum Gasteiger partial charge on any atom is 0.312 e. The molecule has 1 aromatic rings. The molecule has 1 aliphatic rings. The zero-order valence-electron chi connectivity index (χ0n) is 15.6. The van der Waals surface area contributed by atoms with Crippen molar-refractivity contribution in [3.63, 3.8) is 0 Å². The Morgan fingerprint density at radius 1 is 1.30 bits per heavy atom. The van der Waals surface area contributed by atoms with Crippen LogP contribution in [0.5, 0.6) is 0 Å². The summed E-state index contributed by atoms with van der Waals surface area (Å²) >= 11 is 0. The second-order valence-corrected chi connectivity index (χ2v) is 6.58. The van der Waals surface area contributed by atoms with Crippen molar-refractivity contribution < 1.29 is 19.1 Å². The third-order valence-corrected chi connectivity index (χ3v) is 4.42. The van der Waals surface area contributed by atoms with Crippen LogP contribution in [-0.4, -0.2) is 43.1 Å². The number of hydrogen-bond acceptors (Lipinski definition) is 4. The van der Waals surface area contributed by atoms with E-state index in [2.05, 4.69) is 16.0 Å². The van der Waals surface area contributed by atoms with Crippen LogP contribution in [0.25, 0.3) is 0 Å². The van der Waals surface area contributed by atoms with Gasteiger partial charge in [0.15, 0.2) is 0 Å². The van der Waals surface area contributed by atoms with Crippen LogP contribution in [0.4, 0.5) is 10.5 Å². The normalized spacial score (nSPS) is 17.1. The molecule has 0 aliphatic carbocycles. The summed E-state index contributed by atoms with van der Waals surface area (Å²) in [4.78, 5) is 36.2. The molecule has 5 N–H and O–H groups in total. The molecule has 2 rings (SSSR count). The number of carbonyl (C=O) groups is 3. The van der Waals surface area contributed by atoms with Gasteiger partial charge in [0.05, 0.1) is 17.4 Å². The Balaban J connectivity index is 2.02. The first-order chi connectivity index (χ1) is 13.0. The summed E-state index contributed by atoms with van der Waals surface area (Å²) in [5, 5.41) is 8.03. The Morgan fingerprint density at radius 3 is 2.74 bits per heavy atom. The molecular formula is C19H28N4O4. The molecule has 1 fully saturated rings. The van der Waals surface area contributed by atoms with Gasteiger partial charge in [-0.15, -0.1) is 0 Å². The number of hydrogen-bond donors (Lipinski definition) is 4. The van der Waals surface area contributed by atoms with Crippen LogP contribution in [0.2, 0.25) is 0 Å². The zero-order valence-corrected chi connectivity index (χ0v) is 15.6. The summed E-state index contributed by atoms with van der Waals surface area (Å²) in [6.45, 7) is 3.15. The quantitative estimate of drug-likeness (QED) is 0.524. The van der Waals surface area contributed by atoms with E-state index in [1.54, 1.807) is 24.3 Å². The molecule has 2 unspecified atom stereocenters. The number of primary amides is 1. The number of anilines is 1. The summed E-state index contributed by atoms with van der Waals surface area (Å²) in [7, 11) is 0. The van der Waals surface area contributed by atoms with Crippen molar-refractivity contribution in [3.8, 4) is 0 Å². The molecule has 148 valence electrons. The van der Waals surface area contributed by atoms with E-state index < -0.39 is 18.0 Å². The lowest BCUT2D eigenvalue weighted by atomic mass is 10.1. The van der Waals surface area contributed by atoms with E-state index in [9.17, 15) is 14.4 Å².